The Kier molecular flexibility index (Phi) is 6.71. The highest BCUT2D eigenvalue weighted by molar-refractivity contribution is 5.68. The summed E-state index contributed by atoms with van der Waals surface area (Å²) in [5.74, 6) is -1.81. The van der Waals surface area contributed by atoms with E-state index in [0.29, 0.717) is 25.9 Å². The second-order valence-electron chi connectivity index (χ2n) is 7.44. The summed E-state index contributed by atoms with van der Waals surface area (Å²) < 4.78 is 49.8. The maximum absolute atomic E-state index is 13.0. The van der Waals surface area contributed by atoms with E-state index < -0.39 is 42.5 Å². The van der Waals surface area contributed by atoms with Crippen molar-refractivity contribution in [1.29, 1.82) is 0 Å². The van der Waals surface area contributed by atoms with Gasteiger partial charge in [-0.1, -0.05) is 0 Å². The molecule has 2 heterocycles. The van der Waals surface area contributed by atoms with E-state index in [0.717, 1.165) is 6.07 Å². The van der Waals surface area contributed by atoms with Gasteiger partial charge in [-0.25, -0.2) is 9.78 Å². The Labute approximate surface area is 160 Å². The van der Waals surface area contributed by atoms with Gasteiger partial charge in [0.05, 0.1) is 12.3 Å². The van der Waals surface area contributed by atoms with E-state index in [-0.39, 0.29) is 11.6 Å². The number of carbonyl (C=O) groups excluding carboxylic acids is 1. The molecule has 1 saturated heterocycles. The maximum atomic E-state index is 13.0. The number of rotatable bonds is 4. The van der Waals surface area contributed by atoms with Crippen LogP contribution >= 0.6 is 0 Å². The van der Waals surface area contributed by atoms with Crippen molar-refractivity contribution in [3.05, 3.63) is 17.6 Å². The van der Waals surface area contributed by atoms with Crippen LogP contribution in [0, 0.1) is 0 Å². The fourth-order valence-corrected chi connectivity index (χ4v) is 2.55. The first-order chi connectivity index (χ1) is 12.9. The van der Waals surface area contributed by atoms with E-state index in [4.69, 9.17) is 14.6 Å². The molecular weight excluding hydrogens is 383 g/mol. The zero-order valence-corrected chi connectivity index (χ0v) is 15.9. The average molecular weight is 407 g/mol. The number of amides is 1. The van der Waals surface area contributed by atoms with Crippen molar-refractivity contribution in [3.63, 3.8) is 0 Å². The molecule has 1 aliphatic heterocycles. The Bertz CT molecular complexity index is 686. The standard InChI is InChI=1S/C17H24F3N3O5/c1-16(2,3)28-15(26)23-6-4-10(5-7-23)27-13-8-11(12(25)9-24)21-14(22-13)17(18,19)20/h8,10,12,24-25H,4-7,9H2,1-3H3. The van der Waals surface area contributed by atoms with Gasteiger partial charge in [0.25, 0.3) is 0 Å². The fraction of sp³-hybridized carbons (Fsp3) is 0.706. The van der Waals surface area contributed by atoms with E-state index in [1.54, 1.807) is 20.8 Å². The first-order valence-corrected chi connectivity index (χ1v) is 8.78. The highest BCUT2D eigenvalue weighted by Crippen LogP contribution is 2.30. The molecule has 1 aromatic rings. The van der Waals surface area contributed by atoms with Crippen LogP contribution in [0.2, 0.25) is 0 Å². The number of ether oxygens (including phenoxy) is 2. The van der Waals surface area contributed by atoms with Crippen molar-refractivity contribution < 1.29 is 37.7 Å². The molecule has 1 aromatic heterocycles. The Morgan fingerprint density at radius 1 is 1.29 bits per heavy atom. The van der Waals surface area contributed by atoms with Gasteiger partial charge in [0.1, 0.15) is 17.8 Å². The highest BCUT2D eigenvalue weighted by Gasteiger charge is 2.36. The van der Waals surface area contributed by atoms with Gasteiger partial charge in [0.15, 0.2) is 0 Å². The largest absolute Gasteiger partial charge is 0.474 e. The number of aromatic nitrogens is 2. The number of likely N-dealkylation sites (tertiary alicyclic amines) is 1. The minimum absolute atomic E-state index is 0.322. The number of alkyl halides is 3. The number of nitrogens with zero attached hydrogens (tertiary/aromatic N) is 3. The first kappa shape index (κ1) is 22.2. The van der Waals surface area contributed by atoms with Crippen molar-refractivity contribution >= 4 is 6.09 Å². The highest BCUT2D eigenvalue weighted by atomic mass is 19.4. The normalized spacial score (nSPS) is 17.4. The van der Waals surface area contributed by atoms with E-state index >= 15 is 0 Å². The number of hydrogen-bond acceptors (Lipinski definition) is 7. The molecule has 0 aliphatic carbocycles. The quantitative estimate of drug-likeness (QED) is 0.789. The third-order valence-corrected chi connectivity index (χ3v) is 3.87. The van der Waals surface area contributed by atoms with Crippen molar-refractivity contribution in [2.75, 3.05) is 19.7 Å². The Morgan fingerprint density at radius 3 is 2.39 bits per heavy atom. The average Bonchev–Trinajstić information content (AvgIpc) is 2.59. The van der Waals surface area contributed by atoms with Crippen molar-refractivity contribution in [3.8, 4) is 5.88 Å². The summed E-state index contributed by atoms with van der Waals surface area (Å²) in [4.78, 5) is 20.2. The number of hydrogen-bond donors (Lipinski definition) is 2. The molecule has 1 aliphatic rings. The summed E-state index contributed by atoms with van der Waals surface area (Å²) in [6.45, 7) is 5.12. The van der Waals surface area contributed by atoms with Crippen LogP contribution in [0.15, 0.2) is 6.07 Å². The Hall–Kier alpha value is -2.14. The monoisotopic (exact) mass is 407 g/mol. The van der Waals surface area contributed by atoms with Crippen LogP contribution in [0.4, 0.5) is 18.0 Å². The molecular formula is C17H24F3N3O5. The van der Waals surface area contributed by atoms with Crippen molar-refractivity contribution in [1.82, 2.24) is 14.9 Å². The second-order valence-corrected chi connectivity index (χ2v) is 7.44. The minimum atomic E-state index is -4.83. The molecule has 0 aromatic carbocycles. The zero-order chi connectivity index (χ0) is 21.1. The molecule has 28 heavy (non-hydrogen) atoms. The van der Waals surface area contributed by atoms with Crippen LogP contribution in [0.1, 0.15) is 51.2 Å². The van der Waals surface area contributed by atoms with E-state index in [1.165, 1.54) is 4.90 Å². The van der Waals surface area contributed by atoms with Gasteiger partial charge in [-0.15, -0.1) is 0 Å². The van der Waals surface area contributed by atoms with E-state index in [2.05, 4.69) is 9.97 Å². The van der Waals surface area contributed by atoms with Crippen LogP contribution in [-0.2, 0) is 10.9 Å². The third kappa shape index (κ3) is 6.20. The van der Waals surface area contributed by atoms with Gasteiger partial charge < -0.3 is 24.6 Å². The first-order valence-electron chi connectivity index (χ1n) is 8.78. The molecule has 1 fully saturated rings. The van der Waals surface area contributed by atoms with Crippen molar-refractivity contribution in [2.45, 2.75) is 57.6 Å². The molecule has 1 atom stereocenters. The van der Waals surface area contributed by atoms with Gasteiger partial charge in [-0.2, -0.15) is 18.2 Å². The number of piperidine rings is 1. The lowest BCUT2D eigenvalue weighted by molar-refractivity contribution is -0.145. The number of aliphatic hydroxyl groups is 2. The number of carbonyl (C=O) groups is 1. The summed E-state index contributed by atoms with van der Waals surface area (Å²) in [6, 6.07) is 1.07. The predicted molar refractivity (Wildman–Crippen MR) is 90.5 cm³/mol. The van der Waals surface area contributed by atoms with E-state index in [9.17, 15) is 23.1 Å². The minimum Gasteiger partial charge on any atom is -0.474 e. The molecule has 8 nitrogen and oxygen atoms in total. The number of aliphatic hydroxyl groups excluding tert-OH is 2. The van der Waals surface area contributed by atoms with Crippen molar-refractivity contribution in [2.24, 2.45) is 0 Å². The zero-order valence-electron chi connectivity index (χ0n) is 15.9. The Morgan fingerprint density at radius 2 is 1.89 bits per heavy atom. The van der Waals surface area contributed by atoms with Crippen LogP contribution in [0.25, 0.3) is 0 Å². The molecule has 2 N–H and O–H groups in total. The third-order valence-electron chi connectivity index (χ3n) is 3.87. The van der Waals surface area contributed by atoms with E-state index in [1.807, 2.05) is 0 Å². The summed E-state index contributed by atoms with van der Waals surface area (Å²) in [5, 5.41) is 18.6. The van der Waals surface area contributed by atoms with Crippen LogP contribution < -0.4 is 4.74 Å². The lowest BCUT2D eigenvalue weighted by Gasteiger charge is -2.33. The molecule has 0 spiro atoms. The topological polar surface area (TPSA) is 105 Å². The summed E-state index contributed by atoms with van der Waals surface area (Å²) in [5.41, 5.74) is -1.01. The maximum Gasteiger partial charge on any atom is 0.451 e. The number of halogens is 3. The molecule has 0 radical (unpaired) electrons. The predicted octanol–water partition coefficient (Wildman–Crippen LogP) is 2.30. The molecule has 0 saturated carbocycles. The molecule has 1 unspecified atom stereocenters. The van der Waals surface area contributed by atoms with Crippen LogP contribution in [0.3, 0.4) is 0 Å². The summed E-state index contributed by atoms with van der Waals surface area (Å²) in [6.07, 6.45) is -6.58. The second kappa shape index (κ2) is 8.48. The molecule has 0 bridgehead atoms. The van der Waals surface area contributed by atoms with Gasteiger partial charge in [-0.3, -0.25) is 0 Å². The summed E-state index contributed by atoms with van der Waals surface area (Å²) >= 11 is 0. The summed E-state index contributed by atoms with van der Waals surface area (Å²) in [7, 11) is 0. The van der Waals surface area contributed by atoms with Gasteiger partial charge in [0.2, 0.25) is 11.7 Å². The van der Waals surface area contributed by atoms with Crippen LogP contribution in [0.5, 0.6) is 5.88 Å². The van der Waals surface area contributed by atoms with Crippen LogP contribution in [-0.4, -0.2) is 62.6 Å². The fourth-order valence-electron chi connectivity index (χ4n) is 2.55. The van der Waals surface area contributed by atoms with Gasteiger partial charge >= 0.3 is 12.3 Å². The molecule has 1 amide bonds. The molecule has 11 heteroatoms. The lowest BCUT2D eigenvalue weighted by atomic mass is 10.1. The Balaban J connectivity index is 2.05. The van der Waals surface area contributed by atoms with Gasteiger partial charge in [0, 0.05) is 32.0 Å². The SMILES string of the molecule is CC(C)(C)OC(=O)N1CCC(Oc2cc(C(O)CO)nc(C(F)(F)F)n2)CC1. The molecule has 158 valence electrons. The molecule has 2 rings (SSSR count). The lowest BCUT2D eigenvalue weighted by Crippen LogP contribution is -2.44. The van der Waals surface area contributed by atoms with Gasteiger partial charge in [-0.05, 0) is 20.8 Å². The smallest absolute Gasteiger partial charge is 0.451 e.